The van der Waals surface area contributed by atoms with Crippen LogP contribution in [0.5, 0.6) is 0 Å². The van der Waals surface area contributed by atoms with Crippen LogP contribution in [0.1, 0.15) is 24.4 Å². The third kappa shape index (κ3) is 3.98. The molecule has 1 heterocycles. The summed E-state index contributed by atoms with van der Waals surface area (Å²) in [6.07, 6.45) is 1.81. The minimum atomic E-state index is -0.540. The maximum Gasteiger partial charge on any atom is 0.126 e. The number of halogens is 2. The number of hydrogen-bond acceptors (Lipinski definition) is 3. The lowest BCUT2D eigenvalue weighted by Crippen LogP contribution is -2.27. The normalized spacial score (nSPS) is 21.3. The maximum atomic E-state index is 13.3. The van der Waals surface area contributed by atoms with E-state index in [-0.39, 0.29) is 12.6 Å². The Morgan fingerprint density at radius 3 is 2.60 bits per heavy atom. The second-order valence-electron chi connectivity index (χ2n) is 5.47. The topological polar surface area (TPSA) is 35.5 Å². The zero-order chi connectivity index (χ0) is 14.5. The molecule has 1 aliphatic heterocycles. The quantitative estimate of drug-likeness (QED) is 0.838. The summed E-state index contributed by atoms with van der Waals surface area (Å²) in [7, 11) is 1.80. The Bertz CT molecular complexity index is 422. The molecule has 3 nitrogen and oxygen atoms in total. The zero-order valence-corrected chi connectivity index (χ0v) is 11.8. The summed E-state index contributed by atoms with van der Waals surface area (Å²) in [5.74, 6) is -0.710. The van der Waals surface area contributed by atoms with Crippen molar-refractivity contribution in [1.29, 1.82) is 0 Å². The molecule has 2 N–H and O–H groups in total. The highest BCUT2D eigenvalue weighted by Crippen LogP contribution is 2.22. The van der Waals surface area contributed by atoms with Gasteiger partial charge in [0.25, 0.3) is 0 Å². The Hall–Kier alpha value is -1.04. The second kappa shape index (κ2) is 7.11. The molecule has 0 saturated carbocycles. The standard InChI is InChI=1S/C15H22F2N2O/c1-18-15(12-6-13(16)8-14(17)7-12)3-5-19-4-2-11(9-19)10-20/h6-8,11,15,18,20H,2-5,9-10H2,1H3. The average molecular weight is 284 g/mol. The lowest BCUT2D eigenvalue weighted by atomic mass is 10.0. The van der Waals surface area contributed by atoms with Crippen LogP contribution in [0.4, 0.5) is 8.78 Å². The first-order chi connectivity index (χ1) is 9.62. The molecular formula is C15H22F2N2O. The van der Waals surface area contributed by atoms with Crippen molar-refractivity contribution < 1.29 is 13.9 Å². The predicted octanol–water partition coefficient (Wildman–Crippen LogP) is 1.93. The van der Waals surface area contributed by atoms with Crippen LogP contribution in [-0.4, -0.2) is 43.3 Å². The number of nitrogens with zero attached hydrogens (tertiary/aromatic N) is 1. The third-order valence-corrected chi connectivity index (χ3v) is 4.00. The fourth-order valence-corrected chi connectivity index (χ4v) is 2.83. The Morgan fingerprint density at radius 1 is 1.35 bits per heavy atom. The van der Waals surface area contributed by atoms with Gasteiger partial charge in [-0.25, -0.2) is 8.78 Å². The van der Waals surface area contributed by atoms with Gasteiger partial charge in [0.2, 0.25) is 0 Å². The molecule has 0 spiro atoms. The highest BCUT2D eigenvalue weighted by Gasteiger charge is 2.22. The van der Waals surface area contributed by atoms with Crippen LogP contribution in [0.15, 0.2) is 18.2 Å². The van der Waals surface area contributed by atoms with Gasteiger partial charge in [-0.05, 0) is 56.6 Å². The summed E-state index contributed by atoms with van der Waals surface area (Å²) >= 11 is 0. The SMILES string of the molecule is CNC(CCN1CCC(CO)C1)c1cc(F)cc(F)c1. The first-order valence-corrected chi connectivity index (χ1v) is 7.09. The summed E-state index contributed by atoms with van der Waals surface area (Å²) in [6.45, 7) is 2.99. The number of rotatable bonds is 6. The van der Waals surface area contributed by atoms with E-state index in [2.05, 4.69) is 10.2 Å². The van der Waals surface area contributed by atoms with Crippen LogP contribution in [0.2, 0.25) is 0 Å². The van der Waals surface area contributed by atoms with Gasteiger partial charge < -0.3 is 15.3 Å². The smallest absolute Gasteiger partial charge is 0.126 e. The van der Waals surface area contributed by atoms with Gasteiger partial charge in [0, 0.05) is 25.3 Å². The number of likely N-dealkylation sites (tertiary alicyclic amines) is 1. The molecule has 1 aliphatic rings. The van der Waals surface area contributed by atoms with Crippen molar-refractivity contribution in [3.63, 3.8) is 0 Å². The molecule has 0 aliphatic carbocycles. The molecule has 1 saturated heterocycles. The molecule has 20 heavy (non-hydrogen) atoms. The Balaban J connectivity index is 1.92. The maximum absolute atomic E-state index is 13.3. The van der Waals surface area contributed by atoms with Gasteiger partial charge in [0.15, 0.2) is 0 Å². The molecular weight excluding hydrogens is 262 g/mol. The number of benzene rings is 1. The lowest BCUT2D eigenvalue weighted by Gasteiger charge is -2.21. The van der Waals surface area contributed by atoms with Gasteiger partial charge >= 0.3 is 0 Å². The van der Waals surface area contributed by atoms with Crippen molar-refractivity contribution in [2.75, 3.05) is 33.3 Å². The lowest BCUT2D eigenvalue weighted by molar-refractivity contribution is 0.219. The summed E-state index contributed by atoms with van der Waals surface area (Å²) in [5, 5.41) is 12.2. The van der Waals surface area contributed by atoms with E-state index in [1.807, 2.05) is 0 Å². The molecule has 2 rings (SSSR count). The zero-order valence-electron chi connectivity index (χ0n) is 11.8. The molecule has 0 aromatic heterocycles. The van der Waals surface area contributed by atoms with E-state index in [1.165, 1.54) is 12.1 Å². The van der Waals surface area contributed by atoms with Crippen LogP contribution in [0, 0.1) is 17.6 Å². The van der Waals surface area contributed by atoms with Crippen LogP contribution >= 0.6 is 0 Å². The fraction of sp³-hybridized carbons (Fsp3) is 0.600. The highest BCUT2D eigenvalue weighted by molar-refractivity contribution is 5.21. The van der Waals surface area contributed by atoms with Gasteiger partial charge in [-0.1, -0.05) is 0 Å². The molecule has 1 aromatic carbocycles. The van der Waals surface area contributed by atoms with E-state index in [4.69, 9.17) is 5.11 Å². The third-order valence-electron chi connectivity index (χ3n) is 4.00. The van der Waals surface area contributed by atoms with Gasteiger partial charge in [-0.2, -0.15) is 0 Å². The number of aliphatic hydroxyl groups excluding tert-OH is 1. The summed E-state index contributed by atoms with van der Waals surface area (Å²) < 4.78 is 26.5. The molecule has 1 aromatic rings. The fourth-order valence-electron chi connectivity index (χ4n) is 2.83. The molecule has 0 amide bonds. The molecule has 0 bridgehead atoms. The molecule has 1 fully saturated rings. The molecule has 112 valence electrons. The molecule has 2 unspecified atom stereocenters. The van der Waals surface area contributed by atoms with Gasteiger partial charge in [-0.15, -0.1) is 0 Å². The minimum absolute atomic E-state index is 0.0617. The van der Waals surface area contributed by atoms with E-state index in [0.717, 1.165) is 38.5 Å². The van der Waals surface area contributed by atoms with E-state index in [1.54, 1.807) is 7.05 Å². The predicted molar refractivity (Wildman–Crippen MR) is 74.4 cm³/mol. The van der Waals surface area contributed by atoms with Gasteiger partial charge in [0.1, 0.15) is 11.6 Å². The van der Waals surface area contributed by atoms with Gasteiger partial charge in [0.05, 0.1) is 0 Å². The largest absolute Gasteiger partial charge is 0.396 e. The van der Waals surface area contributed by atoms with Crippen molar-refractivity contribution in [3.8, 4) is 0 Å². The highest BCUT2D eigenvalue weighted by atomic mass is 19.1. The number of nitrogens with one attached hydrogen (secondary N) is 1. The molecule has 5 heteroatoms. The summed E-state index contributed by atoms with van der Waals surface area (Å²) in [5.41, 5.74) is 0.642. The van der Waals surface area contributed by atoms with E-state index < -0.39 is 11.6 Å². The Kier molecular flexibility index (Phi) is 5.46. The van der Waals surface area contributed by atoms with E-state index in [9.17, 15) is 8.78 Å². The Morgan fingerprint density at radius 2 is 2.05 bits per heavy atom. The van der Waals surface area contributed by atoms with Crippen molar-refractivity contribution >= 4 is 0 Å². The minimum Gasteiger partial charge on any atom is -0.396 e. The number of hydrogen-bond donors (Lipinski definition) is 2. The van der Waals surface area contributed by atoms with Crippen molar-refractivity contribution in [2.45, 2.75) is 18.9 Å². The Labute approximate surface area is 118 Å². The van der Waals surface area contributed by atoms with Crippen molar-refractivity contribution in [3.05, 3.63) is 35.4 Å². The van der Waals surface area contributed by atoms with Gasteiger partial charge in [-0.3, -0.25) is 0 Å². The van der Waals surface area contributed by atoms with Crippen LogP contribution in [0.3, 0.4) is 0 Å². The first-order valence-electron chi connectivity index (χ1n) is 7.09. The molecule has 2 atom stereocenters. The average Bonchev–Trinajstić information content (AvgIpc) is 2.86. The van der Waals surface area contributed by atoms with Crippen LogP contribution < -0.4 is 5.32 Å². The van der Waals surface area contributed by atoms with Crippen molar-refractivity contribution in [1.82, 2.24) is 10.2 Å². The van der Waals surface area contributed by atoms with Crippen LogP contribution in [0.25, 0.3) is 0 Å². The first kappa shape index (κ1) is 15.4. The van der Waals surface area contributed by atoms with E-state index in [0.29, 0.717) is 11.5 Å². The second-order valence-corrected chi connectivity index (χ2v) is 5.47. The number of aliphatic hydroxyl groups is 1. The van der Waals surface area contributed by atoms with Crippen LogP contribution in [-0.2, 0) is 0 Å². The van der Waals surface area contributed by atoms with E-state index >= 15 is 0 Å². The molecule has 0 radical (unpaired) electrons. The van der Waals surface area contributed by atoms with Crippen molar-refractivity contribution in [2.24, 2.45) is 5.92 Å². The monoisotopic (exact) mass is 284 g/mol. The summed E-state index contributed by atoms with van der Waals surface area (Å²) in [4.78, 5) is 2.29. The summed E-state index contributed by atoms with van der Waals surface area (Å²) in [6, 6.07) is 3.59.